The van der Waals surface area contributed by atoms with Gasteiger partial charge in [0, 0.05) is 17.3 Å². The number of anilines is 1. The molecule has 2 nitrogen and oxygen atoms in total. The lowest BCUT2D eigenvalue weighted by Crippen LogP contribution is -2.28. The van der Waals surface area contributed by atoms with E-state index in [2.05, 4.69) is 104 Å². The molecule has 0 radical (unpaired) electrons. The first kappa shape index (κ1) is 24.3. The number of hydrogen-bond acceptors (Lipinski definition) is 1. The lowest BCUT2D eigenvalue weighted by Gasteiger charge is -2.23. The van der Waals surface area contributed by atoms with E-state index in [1.165, 1.54) is 23.2 Å². The van der Waals surface area contributed by atoms with Crippen molar-refractivity contribution in [1.29, 1.82) is 0 Å². The van der Waals surface area contributed by atoms with Crippen molar-refractivity contribution in [3.63, 3.8) is 0 Å². The number of amidine groups is 1. The summed E-state index contributed by atoms with van der Waals surface area (Å²) in [5.74, 6) is 2.27. The Morgan fingerprint density at radius 2 is 1.24 bits per heavy atom. The molecule has 1 heterocycles. The number of nitrogens with zero attached hydrogens (tertiary/aromatic N) is 2. The molecule has 170 valence electrons. The maximum atomic E-state index is 4.95. The Morgan fingerprint density at radius 1 is 0.788 bits per heavy atom. The molecule has 2 aliphatic rings. The molecule has 0 aromatic heterocycles. The number of allylic oxidation sites excluding steroid dienone is 1. The molecule has 0 saturated heterocycles. The quantitative estimate of drug-likeness (QED) is 0.401. The first-order chi connectivity index (χ1) is 16.2. The molecule has 33 heavy (non-hydrogen) atoms. The molecule has 5 rings (SSSR count). The molecular weight excluding hydrogens is 400 g/mol. The average Bonchev–Trinajstić information content (AvgIpc) is 3.50. The third-order valence-electron chi connectivity index (χ3n) is 5.78. The lowest BCUT2D eigenvalue weighted by molar-refractivity contribution is 0.875. The molecule has 0 N–H and O–H groups in total. The number of hydrogen-bond donors (Lipinski definition) is 0. The van der Waals surface area contributed by atoms with Crippen molar-refractivity contribution in [2.24, 2.45) is 16.8 Å². The summed E-state index contributed by atoms with van der Waals surface area (Å²) in [6.07, 6.45) is 5.39. The second kappa shape index (κ2) is 12.0. The van der Waals surface area contributed by atoms with Gasteiger partial charge in [0.05, 0.1) is 6.04 Å². The van der Waals surface area contributed by atoms with Crippen LogP contribution in [-0.2, 0) is 0 Å². The number of rotatable bonds is 4. The van der Waals surface area contributed by atoms with Gasteiger partial charge in [-0.25, -0.2) is 0 Å². The zero-order valence-corrected chi connectivity index (χ0v) is 20.4. The van der Waals surface area contributed by atoms with Crippen LogP contribution in [0.5, 0.6) is 0 Å². The lowest BCUT2D eigenvalue weighted by atomic mass is 10.1. The third-order valence-corrected chi connectivity index (χ3v) is 5.78. The van der Waals surface area contributed by atoms with Crippen molar-refractivity contribution in [3.05, 3.63) is 115 Å². The number of para-hydroxylation sites is 1. The SMILES string of the molecule is C=CC1=CC(C)C(=NC2CC2C)N1c1ccccc1.CC.c1ccc(-c2ccccc2)cc1. The van der Waals surface area contributed by atoms with Gasteiger partial charge >= 0.3 is 0 Å². The van der Waals surface area contributed by atoms with Crippen LogP contribution in [0.1, 0.15) is 34.1 Å². The number of aliphatic imine (C=N–C) groups is 1. The van der Waals surface area contributed by atoms with Gasteiger partial charge in [-0.2, -0.15) is 0 Å². The zero-order chi connectivity index (χ0) is 23.6. The normalized spacial score (nSPS) is 21.8. The summed E-state index contributed by atoms with van der Waals surface area (Å²) < 4.78 is 0. The van der Waals surface area contributed by atoms with Gasteiger partial charge in [0.15, 0.2) is 0 Å². The van der Waals surface area contributed by atoms with Crippen molar-refractivity contribution >= 4 is 11.5 Å². The second-order valence-corrected chi connectivity index (χ2v) is 8.25. The Morgan fingerprint density at radius 3 is 1.67 bits per heavy atom. The summed E-state index contributed by atoms with van der Waals surface area (Å²) in [6, 6.07) is 31.7. The summed E-state index contributed by atoms with van der Waals surface area (Å²) in [5, 5.41) is 0. The Balaban J connectivity index is 0.000000188. The van der Waals surface area contributed by atoms with E-state index in [9.17, 15) is 0 Å². The van der Waals surface area contributed by atoms with Crippen molar-refractivity contribution in [1.82, 2.24) is 0 Å². The van der Waals surface area contributed by atoms with Crippen LogP contribution in [0, 0.1) is 11.8 Å². The highest BCUT2D eigenvalue weighted by Gasteiger charge is 2.36. The molecule has 3 atom stereocenters. The van der Waals surface area contributed by atoms with Gasteiger partial charge in [-0.1, -0.05) is 113 Å². The molecule has 0 amide bonds. The van der Waals surface area contributed by atoms with Crippen molar-refractivity contribution in [2.45, 2.75) is 40.2 Å². The molecular formula is C31H36N2. The van der Waals surface area contributed by atoms with E-state index in [4.69, 9.17) is 4.99 Å². The largest absolute Gasteiger partial charge is 0.299 e. The maximum Gasteiger partial charge on any atom is 0.115 e. The molecule has 2 heteroatoms. The van der Waals surface area contributed by atoms with Gasteiger partial charge in [-0.05, 0) is 47.8 Å². The first-order valence-corrected chi connectivity index (χ1v) is 12.0. The Hall–Kier alpha value is -3.39. The Bertz CT molecular complexity index is 1010. The smallest absolute Gasteiger partial charge is 0.115 e. The molecule has 3 aromatic carbocycles. The predicted octanol–water partition coefficient (Wildman–Crippen LogP) is 8.40. The van der Waals surface area contributed by atoms with Crippen LogP contribution >= 0.6 is 0 Å². The van der Waals surface area contributed by atoms with E-state index in [-0.39, 0.29) is 0 Å². The van der Waals surface area contributed by atoms with Gasteiger partial charge in [-0.3, -0.25) is 9.89 Å². The van der Waals surface area contributed by atoms with Gasteiger partial charge in [0.25, 0.3) is 0 Å². The van der Waals surface area contributed by atoms with Crippen LogP contribution in [0.2, 0.25) is 0 Å². The summed E-state index contributed by atoms with van der Waals surface area (Å²) in [4.78, 5) is 7.19. The zero-order valence-electron chi connectivity index (χ0n) is 20.4. The van der Waals surface area contributed by atoms with Crippen LogP contribution in [-0.4, -0.2) is 11.9 Å². The number of benzene rings is 3. The summed E-state index contributed by atoms with van der Waals surface area (Å²) in [5.41, 5.74) is 4.87. The Labute approximate surface area is 200 Å². The average molecular weight is 437 g/mol. The standard InChI is InChI=1S/C17H20N2.C12H10.C2H6/c1-4-14-10-13(3)17(18-16-11-12(16)2)19(14)15-8-6-5-7-9-15;1-3-7-11(8-4-1)12-9-5-2-6-10-12;1-2/h4-10,12-13,16H,1,11H2,2-3H3;1-10H;1-2H3. The van der Waals surface area contributed by atoms with E-state index in [0.717, 1.165) is 17.5 Å². The first-order valence-electron chi connectivity index (χ1n) is 12.0. The van der Waals surface area contributed by atoms with Crippen LogP contribution in [0.25, 0.3) is 11.1 Å². The highest BCUT2D eigenvalue weighted by atomic mass is 15.2. The molecule has 1 saturated carbocycles. The van der Waals surface area contributed by atoms with E-state index < -0.39 is 0 Å². The maximum absolute atomic E-state index is 4.95. The van der Waals surface area contributed by atoms with Gasteiger partial charge in [0.1, 0.15) is 5.84 Å². The van der Waals surface area contributed by atoms with E-state index in [1.807, 2.05) is 38.1 Å². The fourth-order valence-corrected chi connectivity index (χ4v) is 3.85. The van der Waals surface area contributed by atoms with Crippen molar-refractivity contribution < 1.29 is 0 Å². The Kier molecular flexibility index (Phi) is 8.83. The van der Waals surface area contributed by atoms with Gasteiger partial charge in [-0.15, -0.1) is 0 Å². The topological polar surface area (TPSA) is 15.6 Å². The summed E-state index contributed by atoms with van der Waals surface area (Å²) in [7, 11) is 0. The molecule has 3 aromatic rings. The molecule has 1 aliphatic carbocycles. The van der Waals surface area contributed by atoms with Crippen LogP contribution in [0.4, 0.5) is 5.69 Å². The van der Waals surface area contributed by atoms with Crippen molar-refractivity contribution in [3.8, 4) is 11.1 Å². The second-order valence-electron chi connectivity index (χ2n) is 8.25. The van der Waals surface area contributed by atoms with Crippen LogP contribution in [0.15, 0.2) is 120 Å². The van der Waals surface area contributed by atoms with Gasteiger partial charge < -0.3 is 0 Å². The third kappa shape index (κ3) is 6.32. The monoisotopic (exact) mass is 436 g/mol. The van der Waals surface area contributed by atoms with E-state index in [0.29, 0.717) is 12.0 Å². The molecule has 3 unspecified atom stereocenters. The summed E-state index contributed by atoms with van der Waals surface area (Å²) >= 11 is 0. The van der Waals surface area contributed by atoms with E-state index in [1.54, 1.807) is 0 Å². The molecule has 0 bridgehead atoms. The molecule has 0 spiro atoms. The minimum Gasteiger partial charge on any atom is -0.299 e. The fraction of sp³-hybridized carbons (Fsp3) is 0.258. The highest BCUT2D eigenvalue weighted by Crippen LogP contribution is 2.36. The van der Waals surface area contributed by atoms with E-state index >= 15 is 0 Å². The van der Waals surface area contributed by atoms with Crippen LogP contribution < -0.4 is 4.90 Å². The minimum atomic E-state index is 0.362. The predicted molar refractivity (Wildman–Crippen MR) is 145 cm³/mol. The van der Waals surface area contributed by atoms with Crippen molar-refractivity contribution in [2.75, 3.05) is 4.90 Å². The minimum absolute atomic E-state index is 0.362. The van der Waals surface area contributed by atoms with Crippen LogP contribution in [0.3, 0.4) is 0 Å². The van der Waals surface area contributed by atoms with Gasteiger partial charge in [0.2, 0.25) is 0 Å². The molecule has 1 fully saturated rings. The highest BCUT2D eigenvalue weighted by molar-refractivity contribution is 6.06. The molecule has 1 aliphatic heterocycles. The summed E-state index contributed by atoms with van der Waals surface area (Å²) in [6.45, 7) is 12.4. The fourth-order valence-electron chi connectivity index (χ4n) is 3.85.